The summed E-state index contributed by atoms with van der Waals surface area (Å²) in [5.74, 6) is -1.66. The molecule has 0 unspecified atom stereocenters. The summed E-state index contributed by atoms with van der Waals surface area (Å²) >= 11 is 0. The average Bonchev–Trinajstić information content (AvgIpc) is 3.51. The Balaban J connectivity index is 1.59. The fourth-order valence-corrected chi connectivity index (χ4v) is 4.49. The minimum atomic E-state index is -1.72. The summed E-state index contributed by atoms with van der Waals surface area (Å²) in [4.78, 5) is 25.3. The molecule has 0 bridgehead atoms. The molecule has 2 N–H and O–H groups in total. The van der Waals surface area contributed by atoms with Gasteiger partial charge in [-0.2, -0.15) is 0 Å². The highest BCUT2D eigenvalue weighted by Crippen LogP contribution is 2.44. The lowest BCUT2D eigenvalue weighted by Gasteiger charge is -2.31. The van der Waals surface area contributed by atoms with Crippen LogP contribution in [-0.2, 0) is 0 Å². The van der Waals surface area contributed by atoms with Gasteiger partial charge in [-0.3, -0.25) is 4.79 Å². The lowest BCUT2D eigenvalue weighted by molar-refractivity contribution is 0.143. The van der Waals surface area contributed by atoms with Gasteiger partial charge in [0.05, 0.1) is 23.1 Å². The zero-order valence-electron chi connectivity index (χ0n) is 17.0. The molecule has 1 saturated heterocycles. The quantitative estimate of drug-likeness (QED) is 0.650. The van der Waals surface area contributed by atoms with Gasteiger partial charge in [0, 0.05) is 31.6 Å². The highest BCUT2D eigenvalue weighted by atomic mass is 19.1. The van der Waals surface area contributed by atoms with Crippen molar-refractivity contribution in [1.29, 1.82) is 0 Å². The summed E-state index contributed by atoms with van der Waals surface area (Å²) in [6, 6.07) is 0.518. The van der Waals surface area contributed by atoms with E-state index in [2.05, 4.69) is 10.1 Å². The van der Waals surface area contributed by atoms with E-state index in [4.69, 9.17) is 9.84 Å². The van der Waals surface area contributed by atoms with Gasteiger partial charge in [-0.25, -0.2) is 18.0 Å². The van der Waals surface area contributed by atoms with Gasteiger partial charge in [-0.15, -0.1) is 0 Å². The maximum Gasteiger partial charge on any atom is 0.511 e. The predicted octanol–water partition coefficient (Wildman–Crippen LogP) is 2.63. The van der Waals surface area contributed by atoms with Crippen molar-refractivity contribution in [3.8, 4) is 11.5 Å². The first-order valence-corrected chi connectivity index (χ1v) is 10.5. The van der Waals surface area contributed by atoms with E-state index in [0.717, 1.165) is 25.1 Å². The number of pyridine rings is 1. The molecule has 0 spiro atoms. The second-order valence-electron chi connectivity index (χ2n) is 8.51. The van der Waals surface area contributed by atoms with Crippen LogP contribution in [0.3, 0.4) is 0 Å². The Morgan fingerprint density at radius 2 is 2.12 bits per heavy atom. The minimum Gasteiger partial charge on any atom is -0.487 e. The number of ether oxygens (including phenoxy) is 2. The number of anilines is 1. The van der Waals surface area contributed by atoms with Crippen molar-refractivity contribution in [3.63, 3.8) is 0 Å². The second-order valence-corrected chi connectivity index (χ2v) is 8.51. The molecule has 1 aliphatic carbocycles. The summed E-state index contributed by atoms with van der Waals surface area (Å²) in [7, 11) is 0. The molecule has 3 atom stereocenters. The number of hydrogen-bond acceptors (Lipinski definition) is 6. The first-order valence-electron chi connectivity index (χ1n) is 10.5. The molecule has 2 fully saturated rings. The molecule has 11 heteroatoms. The molecule has 2 aliphatic heterocycles. The number of aromatic nitrogens is 1. The Kier molecular flexibility index (Phi) is 5.15. The van der Waals surface area contributed by atoms with Crippen molar-refractivity contribution in [1.82, 2.24) is 9.88 Å². The molecule has 3 aliphatic rings. The summed E-state index contributed by atoms with van der Waals surface area (Å²) in [6.45, 7) is -0.312. The topological polar surface area (TPSA) is 93.0 Å². The van der Waals surface area contributed by atoms with E-state index in [-0.39, 0.29) is 48.0 Å². The molecule has 8 nitrogen and oxygen atoms in total. The number of carbonyl (C=O) groups is 1. The van der Waals surface area contributed by atoms with E-state index in [1.54, 1.807) is 4.90 Å². The van der Waals surface area contributed by atoms with Gasteiger partial charge in [0.1, 0.15) is 25.1 Å². The molecule has 0 radical (unpaired) electrons. The minimum absolute atomic E-state index is 0.0198. The van der Waals surface area contributed by atoms with Crippen LogP contribution in [0, 0.1) is 11.7 Å². The zero-order chi connectivity index (χ0) is 22.6. The van der Waals surface area contributed by atoms with Gasteiger partial charge in [-0.05, 0) is 18.9 Å². The molecular weight excluding hydrogens is 431 g/mol. The van der Waals surface area contributed by atoms with Crippen molar-refractivity contribution >= 4 is 22.7 Å². The Hall–Kier alpha value is -2.95. The van der Waals surface area contributed by atoms with E-state index < -0.39 is 42.0 Å². The van der Waals surface area contributed by atoms with Crippen LogP contribution in [0.1, 0.15) is 18.9 Å². The lowest BCUT2D eigenvalue weighted by atomic mass is 10.1. The van der Waals surface area contributed by atoms with Gasteiger partial charge in [0.15, 0.2) is 17.3 Å². The summed E-state index contributed by atoms with van der Waals surface area (Å²) in [5.41, 5.74) is -0.704. The summed E-state index contributed by atoms with van der Waals surface area (Å²) in [5, 5.41) is 12.0. The van der Waals surface area contributed by atoms with Gasteiger partial charge in [0.25, 0.3) is 0 Å². The Morgan fingerprint density at radius 1 is 1.34 bits per heavy atom. The average molecular weight is 453 g/mol. The number of alkyl halides is 2. The number of nitrogens with one attached hydrogen (secondary N) is 1. The molecule has 5 rings (SSSR count). The van der Waals surface area contributed by atoms with Crippen LogP contribution in [-0.4, -0.2) is 61.0 Å². The monoisotopic (exact) mass is 453 g/mol. The number of nitrogens with zero attached hydrogens (tertiary/aromatic N) is 2. The number of carboxylic acid groups (broad SMARTS) is 1. The van der Waals surface area contributed by atoms with E-state index in [1.165, 1.54) is 4.57 Å². The third-order valence-electron chi connectivity index (χ3n) is 6.28. The van der Waals surface area contributed by atoms with Crippen LogP contribution in [0.4, 0.5) is 23.7 Å². The maximum atomic E-state index is 15.3. The van der Waals surface area contributed by atoms with Crippen LogP contribution in [0.25, 0.3) is 10.9 Å². The first-order chi connectivity index (χ1) is 15.4. The lowest BCUT2D eigenvalue weighted by Crippen LogP contribution is -2.31. The van der Waals surface area contributed by atoms with Crippen molar-refractivity contribution < 1.29 is 32.5 Å². The maximum absolute atomic E-state index is 15.3. The Morgan fingerprint density at radius 3 is 2.81 bits per heavy atom. The normalized spacial score (nSPS) is 24.6. The van der Waals surface area contributed by atoms with Crippen LogP contribution in [0.15, 0.2) is 17.1 Å². The van der Waals surface area contributed by atoms with Crippen LogP contribution in [0.2, 0.25) is 0 Å². The summed E-state index contributed by atoms with van der Waals surface area (Å²) < 4.78 is 55.2. The van der Waals surface area contributed by atoms with Gasteiger partial charge in [-0.1, -0.05) is 0 Å². The van der Waals surface area contributed by atoms with E-state index in [9.17, 15) is 18.4 Å². The van der Waals surface area contributed by atoms with Crippen LogP contribution < -0.4 is 25.1 Å². The largest absolute Gasteiger partial charge is 0.511 e. The molecule has 32 heavy (non-hydrogen) atoms. The third-order valence-corrected chi connectivity index (χ3v) is 6.28. The fraction of sp³-hybridized carbons (Fsp3) is 0.524. The second kappa shape index (κ2) is 7.88. The van der Waals surface area contributed by atoms with Crippen molar-refractivity contribution in [2.24, 2.45) is 5.92 Å². The van der Waals surface area contributed by atoms with Crippen molar-refractivity contribution in [2.45, 2.75) is 31.1 Å². The third kappa shape index (κ3) is 3.54. The van der Waals surface area contributed by atoms with Crippen LogP contribution in [0.5, 0.6) is 11.5 Å². The fourth-order valence-electron chi connectivity index (χ4n) is 4.49. The number of benzene rings is 1. The zero-order valence-corrected chi connectivity index (χ0v) is 17.0. The van der Waals surface area contributed by atoms with Gasteiger partial charge < -0.3 is 29.4 Å². The van der Waals surface area contributed by atoms with Crippen LogP contribution >= 0.6 is 0 Å². The Bertz CT molecular complexity index is 1140. The standard InChI is InChI=1S/C21H22F3N3O5/c22-4-12-9-31-20-17-13(19(28)16(8-27(12)17)32-21(29)30)3-14(23)18(20)26-6-10(15(24)7-26)5-25-11-1-2-11/h3,8,10-12,15,25H,1-2,4-7,9H2,(H,29,30)/t10-,12-,15-/m0/s1. The molecular formula is C21H22F3N3O5. The van der Waals surface area contributed by atoms with Gasteiger partial charge >= 0.3 is 6.16 Å². The highest BCUT2D eigenvalue weighted by Gasteiger charge is 2.38. The van der Waals surface area contributed by atoms with E-state index >= 15 is 4.39 Å². The SMILES string of the molecule is O=C(O)Oc1cn2c3c(c(N4C[C@H](CNC5CC5)[C@@H](F)C4)c(F)cc3c1=O)OC[C@@H]2CF. The molecule has 3 heterocycles. The molecule has 2 aromatic rings. The van der Waals surface area contributed by atoms with Crippen molar-refractivity contribution in [3.05, 3.63) is 28.3 Å². The predicted molar refractivity (Wildman–Crippen MR) is 109 cm³/mol. The molecule has 0 amide bonds. The molecule has 1 aromatic carbocycles. The summed E-state index contributed by atoms with van der Waals surface area (Å²) in [6.07, 6.45) is 0.365. The number of halogens is 3. The Labute approximate surface area is 180 Å². The molecule has 172 valence electrons. The number of rotatable bonds is 6. The first kappa shape index (κ1) is 20.9. The molecule has 1 aromatic heterocycles. The van der Waals surface area contributed by atoms with E-state index in [0.29, 0.717) is 12.6 Å². The van der Waals surface area contributed by atoms with E-state index in [1.807, 2.05) is 0 Å². The van der Waals surface area contributed by atoms with Crippen molar-refractivity contribution in [2.75, 3.05) is 37.8 Å². The van der Waals surface area contributed by atoms with Gasteiger partial charge in [0.2, 0.25) is 5.43 Å². The highest BCUT2D eigenvalue weighted by molar-refractivity contribution is 5.93. The smallest absolute Gasteiger partial charge is 0.487 e. The molecule has 1 saturated carbocycles. The number of hydrogen-bond donors (Lipinski definition) is 2.